The van der Waals surface area contributed by atoms with Crippen LogP contribution < -0.4 is 10.1 Å². The molecule has 0 saturated heterocycles. The molecule has 0 aliphatic heterocycles. The summed E-state index contributed by atoms with van der Waals surface area (Å²) in [5.74, 6) is 0.482. The van der Waals surface area contributed by atoms with Crippen LogP contribution in [0, 0.1) is 0 Å². The molecule has 5 heteroatoms. The van der Waals surface area contributed by atoms with Crippen LogP contribution in [-0.4, -0.2) is 49.6 Å². The first-order chi connectivity index (χ1) is 7.68. The normalized spacial score (nSPS) is 10.2. The lowest BCUT2D eigenvalue weighted by Crippen LogP contribution is -2.34. The number of carbonyl (C=O) groups is 1. The predicted molar refractivity (Wildman–Crippen MR) is 61.3 cm³/mol. The molecule has 1 aromatic heterocycles. The van der Waals surface area contributed by atoms with Gasteiger partial charge in [0.15, 0.2) is 6.61 Å². The quantitative estimate of drug-likeness (QED) is 0.745. The number of hydrogen-bond donors (Lipinski definition) is 1. The van der Waals surface area contributed by atoms with Crippen LogP contribution in [0.25, 0.3) is 0 Å². The van der Waals surface area contributed by atoms with Crippen molar-refractivity contribution in [2.45, 2.75) is 0 Å². The summed E-state index contributed by atoms with van der Waals surface area (Å²) in [6.07, 6.45) is 3.23. The fourth-order valence-corrected chi connectivity index (χ4v) is 1.05. The third kappa shape index (κ3) is 5.31. The second-order valence-electron chi connectivity index (χ2n) is 3.63. The van der Waals surface area contributed by atoms with Crippen molar-refractivity contribution in [3.05, 3.63) is 24.5 Å². The fourth-order valence-electron chi connectivity index (χ4n) is 1.05. The second kappa shape index (κ2) is 6.79. The van der Waals surface area contributed by atoms with Crippen LogP contribution in [0.15, 0.2) is 24.5 Å². The van der Waals surface area contributed by atoms with Gasteiger partial charge in [-0.15, -0.1) is 0 Å². The van der Waals surface area contributed by atoms with Crippen LogP contribution >= 0.6 is 0 Å². The van der Waals surface area contributed by atoms with Crippen LogP contribution in [0.4, 0.5) is 0 Å². The Bertz CT molecular complexity index is 314. The number of pyridine rings is 1. The molecule has 0 unspecified atom stereocenters. The number of likely N-dealkylation sites (N-methyl/N-ethyl adjacent to an activating group) is 1. The lowest BCUT2D eigenvalue weighted by molar-refractivity contribution is -0.123. The molecular weight excluding hydrogens is 206 g/mol. The molecule has 5 nitrogen and oxygen atoms in total. The minimum atomic E-state index is -0.120. The van der Waals surface area contributed by atoms with Crippen molar-refractivity contribution >= 4 is 5.91 Å². The molecule has 0 fully saturated rings. The molecule has 1 amide bonds. The molecule has 1 aromatic rings. The predicted octanol–water partition coefficient (Wildman–Crippen LogP) is 0.138. The van der Waals surface area contributed by atoms with E-state index in [-0.39, 0.29) is 12.5 Å². The highest BCUT2D eigenvalue weighted by Crippen LogP contribution is 2.04. The highest BCUT2D eigenvalue weighted by molar-refractivity contribution is 5.77. The molecule has 16 heavy (non-hydrogen) atoms. The number of nitrogens with one attached hydrogen (secondary N) is 1. The average Bonchev–Trinajstić information content (AvgIpc) is 2.27. The molecule has 1 N–H and O–H groups in total. The number of aromatic nitrogens is 1. The van der Waals surface area contributed by atoms with Crippen molar-refractivity contribution in [1.29, 1.82) is 0 Å². The standard InChI is InChI=1S/C11H17N3O2/c1-14(2)7-6-13-11(15)9-16-10-4-3-5-12-8-10/h3-5,8H,6-7,9H2,1-2H3,(H,13,15). The fraction of sp³-hybridized carbons (Fsp3) is 0.455. The van der Waals surface area contributed by atoms with E-state index < -0.39 is 0 Å². The van der Waals surface area contributed by atoms with Crippen molar-refractivity contribution in [2.75, 3.05) is 33.8 Å². The summed E-state index contributed by atoms with van der Waals surface area (Å²) in [5.41, 5.74) is 0. The second-order valence-corrected chi connectivity index (χ2v) is 3.63. The van der Waals surface area contributed by atoms with Gasteiger partial charge in [-0.25, -0.2) is 0 Å². The maximum absolute atomic E-state index is 11.3. The van der Waals surface area contributed by atoms with Gasteiger partial charge in [0.2, 0.25) is 0 Å². The minimum Gasteiger partial charge on any atom is -0.482 e. The number of rotatable bonds is 6. The lowest BCUT2D eigenvalue weighted by atomic mass is 10.4. The van der Waals surface area contributed by atoms with Crippen molar-refractivity contribution in [3.8, 4) is 5.75 Å². The van der Waals surface area contributed by atoms with E-state index in [1.807, 2.05) is 19.0 Å². The van der Waals surface area contributed by atoms with Gasteiger partial charge in [-0.2, -0.15) is 0 Å². The number of hydrogen-bond acceptors (Lipinski definition) is 4. The number of amides is 1. The van der Waals surface area contributed by atoms with Gasteiger partial charge >= 0.3 is 0 Å². The third-order valence-corrected chi connectivity index (χ3v) is 1.89. The number of carbonyl (C=O) groups excluding carboxylic acids is 1. The Balaban J connectivity index is 2.16. The molecular formula is C11H17N3O2. The molecule has 0 saturated carbocycles. The van der Waals surface area contributed by atoms with Crippen LogP contribution in [0.5, 0.6) is 5.75 Å². The highest BCUT2D eigenvalue weighted by Gasteiger charge is 2.01. The summed E-state index contributed by atoms with van der Waals surface area (Å²) in [4.78, 5) is 17.2. The Morgan fingerprint density at radius 2 is 2.38 bits per heavy atom. The van der Waals surface area contributed by atoms with E-state index in [1.54, 1.807) is 24.5 Å². The molecule has 0 atom stereocenters. The first kappa shape index (κ1) is 12.4. The average molecular weight is 223 g/mol. The maximum Gasteiger partial charge on any atom is 0.257 e. The van der Waals surface area contributed by atoms with Gasteiger partial charge in [0, 0.05) is 19.3 Å². The Morgan fingerprint density at radius 1 is 1.56 bits per heavy atom. The smallest absolute Gasteiger partial charge is 0.257 e. The van der Waals surface area contributed by atoms with E-state index in [2.05, 4.69) is 10.3 Å². The zero-order valence-corrected chi connectivity index (χ0v) is 9.64. The Labute approximate surface area is 95.4 Å². The van der Waals surface area contributed by atoms with E-state index >= 15 is 0 Å². The minimum absolute atomic E-state index is 0.0269. The van der Waals surface area contributed by atoms with E-state index in [9.17, 15) is 4.79 Å². The topological polar surface area (TPSA) is 54.5 Å². The van der Waals surface area contributed by atoms with Crippen LogP contribution in [0.2, 0.25) is 0 Å². The highest BCUT2D eigenvalue weighted by atomic mass is 16.5. The summed E-state index contributed by atoms with van der Waals surface area (Å²) in [6, 6.07) is 3.53. The van der Waals surface area contributed by atoms with E-state index in [4.69, 9.17) is 4.74 Å². The molecule has 0 aliphatic rings. The zero-order valence-electron chi connectivity index (χ0n) is 9.64. The molecule has 0 aliphatic carbocycles. The summed E-state index contributed by atoms with van der Waals surface area (Å²) in [5, 5.41) is 2.76. The largest absolute Gasteiger partial charge is 0.482 e. The summed E-state index contributed by atoms with van der Waals surface area (Å²) in [6.45, 7) is 1.47. The molecule has 1 heterocycles. The maximum atomic E-state index is 11.3. The van der Waals surface area contributed by atoms with E-state index in [0.717, 1.165) is 6.54 Å². The molecule has 0 bridgehead atoms. The first-order valence-corrected chi connectivity index (χ1v) is 5.13. The van der Waals surface area contributed by atoms with Gasteiger partial charge in [0.1, 0.15) is 5.75 Å². The number of ether oxygens (including phenoxy) is 1. The van der Waals surface area contributed by atoms with Gasteiger partial charge in [-0.1, -0.05) is 0 Å². The lowest BCUT2D eigenvalue weighted by Gasteiger charge is -2.10. The zero-order chi connectivity index (χ0) is 11.8. The molecule has 1 rings (SSSR count). The monoisotopic (exact) mass is 223 g/mol. The van der Waals surface area contributed by atoms with Crippen molar-refractivity contribution in [1.82, 2.24) is 15.2 Å². The van der Waals surface area contributed by atoms with Crippen molar-refractivity contribution in [3.63, 3.8) is 0 Å². The summed E-state index contributed by atoms with van der Waals surface area (Å²) in [7, 11) is 3.91. The van der Waals surface area contributed by atoms with Crippen LogP contribution in [0.3, 0.4) is 0 Å². The Morgan fingerprint density at radius 3 is 3.00 bits per heavy atom. The van der Waals surface area contributed by atoms with Gasteiger partial charge in [0.05, 0.1) is 6.20 Å². The summed E-state index contributed by atoms with van der Waals surface area (Å²) >= 11 is 0. The third-order valence-electron chi connectivity index (χ3n) is 1.89. The first-order valence-electron chi connectivity index (χ1n) is 5.13. The van der Waals surface area contributed by atoms with Gasteiger partial charge in [0.25, 0.3) is 5.91 Å². The van der Waals surface area contributed by atoms with Gasteiger partial charge in [-0.3, -0.25) is 9.78 Å². The van der Waals surface area contributed by atoms with Gasteiger partial charge < -0.3 is 15.0 Å². The van der Waals surface area contributed by atoms with E-state index in [0.29, 0.717) is 12.3 Å². The van der Waals surface area contributed by atoms with Crippen LogP contribution in [-0.2, 0) is 4.79 Å². The molecule has 88 valence electrons. The van der Waals surface area contributed by atoms with Crippen molar-refractivity contribution in [2.24, 2.45) is 0 Å². The molecule has 0 radical (unpaired) electrons. The number of nitrogens with zero attached hydrogens (tertiary/aromatic N) is 2. The summed E-state index contributed by atoms with van der Waals surface area (Å²) < 4.78 is 5.24. The van der Waals surface area contributed by atoms with Crippen LogP contribution in [0.1, 0.15) is 0 Å². The van der Waals surface area contributed by atoms with Crippen molar-refractivity contribution < 1.29 is 9.53 Å². The molecule has 0 aromatic carbocycles. The van der Waals surface area contributed by atoms with Gasteiger partial charge in [-0.05, 0) is 26.2 Å². The molecule has 0 spiro atoms. The van der Waals surface area contributed by atoms with E-state index in [1.165, 1.54) is 0 Å². The Hall–Kier alpha value is -1.62. The SMILES string of the molecule is CN(C)CCNC(=O)COc1cccnc1. The Kier molecular flexibility index (Phi) is 5.28.